The number of hydrogen-bond donors (Lipinski definition) is 0. The topological polar surface area (TPSA) is 0 Å². The van der Waals surface area contributed by atoms with E-state index < -0.39 is 7.92 Å². The molecule has 0 aliphatic heterocycles. The highest BCUT2D eigenvalue weighted by atomic mass is 31.1. The first-order valence-electron chi connectivity index (χ1n) is 13.0. The Kier molecular flexibility index (Phi) is 7.03. The molecule has 0 aromatic heterocycles. The Morgan fingerprint density at radius 2 is 0.816 bits per heavy atom. The van der Waals surface area contributed by atoms with Crippen molar-refractivity contribution < 1.29 is 0 Å². The average molecular weight is 502 g/mol. The molecule has 0 nitrogen and oxygen atoms in total. The minimum absolute atomic E-state index is 0.446. The lowest BCUT2D eigenvalue weighted by atomic mass is 9.87. The molecule has 0 aliphatic rings. The minimum Gasteiger partial charge on any atom is -0.0807 e. The van der Waals surface area contributed by atoms with Gasteiger partial charge in [0.05, 0.1) is 0 Å². The molecule has 38 heavy (non-hydrogen) atoms. The van der Waals surface area contributed by atoms with E-state index in [4.69, 9.17) is 0 Å². The van der Waals surface area contributed by atoms with Gasteiger partial charge in [-0.15, -0.1) is 0 Å². The summed E-state index contributed by atoms with van der Waals surface area (Å²) in [6.45, 7) is 0. The fourth-order valence-electron chi connectivity index (χ4n) is 5.17. The van der Waals surface area contributed by atoms with Gasteiger partial charge in [0.2, 0.25) is 0 Å². The second-order valence-electron chi connectivity index (χ2n) is 9.50. The predicted octanol–water partition coefficient (Wildman–Crippen LogP) is 6.85. The van der Waals surface area contributed by atoms with Gasteiger partial charge in [-0.1, -0.05) is 151 Å². The molecule has 0 fully saturated rings. The molecule has 180 valence electrons. The van der Waals surface area contributed by atoms with Crippen molar-refractivity contribution in [2.24, 2.45) is 0 Å². The lowest BCUT2D eigenvalue weighted by Gasteiger charge is -2.18. The Morgan fingerprint density at radius 1 is 0.368 bits per heavy atom. The van der Waals surface area contributed by atoms with Crippen molar-refractivity contribution in [3.8, 4) is 0 Å². The Morgan fingerprint density at radius 3 is 1.37 bits per heavy atom. The Balaban J connectivity index is 0.000000139. The van der Waals surface area contributed by atoms with Crippen LogP contribution in [0.4, 0.5) is 0 Å². The molecule has 7 aromatic carbocycles. The highest BCUT2D eigenvalue weighted by Gasteiger charge is 2.15. The molecule has 2 heteroatoms. The summed E-state index contributed by atoms with van der Waals surface area (Å²) in [5.74, 6) is 0. The second-order valence-corrected chi connectivity index (χ2v) is 11.7. The largest absolute Gasteiger partial charge is 0.140 e. The van der Waals surface area contributed by atoms with E-state index in [1.807, 2.05) is 0 Å². The smallest absolute Gasteiger partial charge is 0.0807 e. The highest BCUT2D eigenvalue weighted by Crippen LogP contribution is 2.32. The summed E-state index contributed by atoms with van der Waals surface area (Å²) < 4.78 is 0. The molecule has 7 rings (SSSR count). The van der Waals surface area contributed by atoms with E-state index in [2.05, 4.69) is 166 Å². The van der Waals surface area contributed by atoms with Crippen LogP contribution in [0.15, 0.2) is 158 Å². The van der Waals surface area contributed by atoms with Gasteiger partial charge < -0.3 is 0 Å². The van der Waals surface area contributed by atoms with E-state index in [1.54, 1.807) is 0 Å². The van der Waals surface area contributed by atoms with Crippen LogP contribution < -0.4 is 21.4 Å². The normalized spacial score (nSPS) is 11.0. The van der Waals surface area contributed by atoms with Crippen LogP contribution in [0.1, 0.15) is 0 Å². The number of hydrogen-bond acceptors (Lipinski definition) is 0. The van der Waals surface area contributed by atoms with Crippen molar-refractivity contribution >= 4 is 69.5 Å². The fourth-order valence-corrected chi connectivity index (χ4v) is 7.47. The number of fused-ring (bicyclic) bond motifs is 4. The van der Waals surface area contributed by atoms with Crippen molar-refractivity contribution in [1.29, 1.82) is 0 Å². The zero-order valence-electron chi connectivity index (χ0n) is 21.5. The summed E-state index contributed by atoms with van der Waals surface area (Å²) in [6, 6.07) is 56.5. The minimum atomic E-state index is -0.446. The summed E-state index contributed by atoms with van der Waals surface area (Å²) in [4.78, 5) is 0. The highest BCUT2D eigenvalue weighted by molar-refractivity contribution is 7.79. The first kappa shape index (κ1) is 24.2. The molecule has 0 heterocycles. The molecule has 0 saturated carbocycles. The number of benzene rings is 7. The molecule has 0 spiro atoms. The lowest BCUT2D eigenvalue weighted by Crippen LogP contribution is -2.20. The maximum absolute atomic E-state index is 2.32. The maximum atomic E-state index is 2.32. The molecule has 0 atom stereocenters. The fraction of sp³-hybridized carbons (Fsp3) is 0. The third kappa shape index (κ3) is 4.99. The van der Waals surface area contributed by atoms with E-state index in [1.165, 1.54) is 53.7 Å². The molecule has 0 unspecified atom stereocenters. The van der Waals surface area contributed by atoms with Gasteiger partial charge in [0, 0.05) is 0 Å². The lowest BCUT2D eigenvalue weighted by molar-refractivity contribution is 1.74. The molecular weight excluding hydrogens is 474 g/mol. The van der Waals surface area contributed by atoms with Crippen LogP contribution in [0.5, 0.6) is 0 Å². The molecular formula is C36H28BP. The van der Waals surface area contributed by atoms with E-state index in [0.717, 1.165) is 0 Å². The third-order valence-corrected chi connectivity index (χ3v) is 9.42. The molecule has 0 aliphatic carbocycles. The Bertz CT molecular complexity index is 1720. The number of rotatable bonds is 3. The Hall–Kier alpha value is -4.19. The third-order valence-electron chi connectivity index (χ3n) is 6.98. The van der Waals surface area contributed by atoms with E-state index in [0.29, 0.717) is 0 Å². The van der Waals surface area contributed by atoms with Crippen LogP contribution in [-0.4, -0.2) is 7.85 Å². The molecule has 0 amide bonds. The van der Waals surface area contributed by atoms with Crippen molar-refractivity contribution in [1.82, 2.24) is 0 Å². The summed E-state index contributed by atoms with van der Waals surface area (Å²) in [5, 5.41) is 12.2. The first-order chi connectivity index (χ1) is 18.8. The summed E-state index contributed by atoms with van der Waals surface area (Å²) in [6.07, 6.45) is 0. The van der Waals surface area contributed by atoms with E-state index in [9.17, 15) is 0 Å². The van der Waals surface area contributed by atoms with Crippen molar-refractivity contribution in [2.75, 3.05) is 0 Å². The molecule has 7 aromatic rings. The zero-order valence-corrected chi connectivity index (χ0v) is 22.4. The van der Waals surface area contributed by atoms with Crippen LogP contribution in [0.3, 0.4) is 0 Å². The standard InChI is InChI=1S/C18H13B.C18H15P/c19-17-7-3-6-12-8-9-15-10-13-4-1-2-5-14(13)11-16(15)18(12)17;1-4-10-16(11-5-1)19(17-12-6-2-7-13-17)18-14-8-3-9-15-18/h1-11H,19H2;1-15H. The van der Waals surface area contributed by atoms with E-state index in [-0.39, 0.29) is 0 Å². The van der Waals surface area contributed by atoms with Crippen LogP contribution in [0, 0.1) is 0 Å². The van der Waals surface area contributed by atoms with Gasteiger partial charge in [0.1, 0.15) is 7.85 Å². The molecule has 0 N–H and O–H groups in total. The van der Waals surface area contributed by atoms with Gasteiger partial charge in [0.15, 0.2) is 0 Å². The van der Waals surface area contributed by atoms with Gasteiger partial charge in [0.25, 0.3) is 0 Å². The Labute approximate surface area is 226 Å². The van der Waals surface area contributed by atoms with Gasteiger partial charge in [-0.25, -0.2) is 0 Å². The van der Waals surface area contributed by atoms with Crippen LogP contribution in [0.2, 0.25) is 0 Å². The van der Waals surface area contributed by atoms with Crippen LogP contribution in [-0.2, 0) is 0 Å². The second kappa shape index (κ2) is 11.1. The average Bonchev–Trinajstić information content (AvgIpc) is 2.98. The summed E-state index contributed by atoms with van der Waals surface area (Å²) >= 11 is 0. The quantitative estimate of drug-likeness (QED) is 0.107. The molecule has 0 saturated heterocycles. The monoisotopic (exact) mass is 502 g/mol. The van der Waals surface area contributed by atoms with Crippen molar-refractivity contribution in [2.45, 2.75) is 0 Å². The van der Waals surface area contributed by atoms with Crippen molar-refractivity contribution in [3.63, 3.8) is 0 Å². The maximum Gasteiger partial charge on any atom is 0.140 e. The molecule has 0 bridgehead atoms. The van der Waals surface area contributed by atoms with Gasteiger partial charge in [-0.05, 0) is 68.3 Å². The van der Waals surface area contributed by atoms with Crippen LogP contribution in [0.25, 0.3) is 32.3 Å². The van der Waals surface area contributed by atoms with Crippen LogP contribution >= 0.6 is 7.92 Å². The first-order valence-corrected chi connectivity index (χ1v) is 14.4. The van der Waals surface area contributed by atoms with Gasteiger partial charge in [-0.2, -0.15) is 0 Å². The summed E-state index contributed by atoms with van der Waals surface area (Å²) in [7, 11) is 1.75. The van der Waals surface area contributed by atoms with Crippen molar-refractivity contribution in [3.05, 3.63) is 158 Å². The SMILES string of the molecule is Bc1cccc2ccc3cc4ccccc4cc3c12.c1ccc(P(c2ccccc2)c2ccccc2)cc1. The molecule has 0 radical (unpaired) electrons. The summed E-state index contributed by atoms with van der Waals surface area (Å²) in [5.41, 5.74) is 1.35. The van der Waals surface area contributed by atoms with E-state index >= 15 is 0 Å². The predicted molar refractivity (Wildman–Crippen MR) is 172 cm³/mol. The van der Waals surface area contributed by atoms with Gasteiger partial charge in [-0.3, -0.25) is 0 Å². The van der Waals surface area contributed by atoms with Gasteiger partial charge >= 0.3 is 0 Å². The zero-order chi connectivity index (χ0) is 25.7.